The van der Waals surface area contributed by atoms with Gasteiger partial charge in [-0.15, -0.1) is 37.2 Å². The monoisotopic (exact) mass is 1290 g/mol. The van der Waals surface area contributed by atoms with Gasteiger partial charge < -0.3 is 26.5 Å². The molecule has 0 saturated carbocycles. The van der Waals surface area contributed by atoms with Crippen LogP contribution in [0.15, 0.2) is 213 Å². The maximum atomic E-state index is 6.30. The molecule has 0 bridgehead atoms. The van der Waals surface area contributed by atoms with E-state index < -0.39 is 0 Å². The van der Waals surface area contributed by atoms with Gasteiger partial charge in [-0.25, -0.2) is 9.98 Å². The first-order chi connectivity index (χ1) is 46.1. The number of rotatable bonds is 4. The molecule has 2 unspecified atom stereocenters. The molecule has 95 heavy (non-hydrogen) atoms. The highest BCUT2D eigenvalue weighted by Crippen LogP contribution is 2.48. The second-order valence-electron chi connectivity index (χ2n) is 24.7. The summed E-state index contributed by atoms with van der Waals surface area (Å²) >= 11 is 3.82. The molecule has 19 heteroatoms. The first kappa shape index (κ1) is 58.2. The van der Waals surface area contributed by atoms with Gasteiger partial charge in [-0.1, -0.05) is 84.9 Å². The van der Waals surface area contributed by atoms with Gasteiger partial charge in [0.15, 0.2) is 30.0 Å². The molecule has 0 N–H and O–H groups in total. The number of aryl methyl sites for hydroxylation is 5. The van der Waals surface area contributed by atoms with Gasteiger partial charge in [0.25, 0.3) is 11.6 Å². The number of thiophene rings is 2. The third-order valence-electron chi connectivity index (χ3n) is 19.0. The topological polar surface area (TPSA) is 135 Å². The Morgan fingerprint density at radius 1 is 0.432 bits per heavy atom. The van der Waals surface area contributed by atoms with Crippen molar-refractivity contribution in [2.75, 3.05) is 47.3 Å². The van der Waals surface area contributed by atoms with Gasteiger partial charge in [0, 0.05) is 108 Å². The Balaban J connectivity index is 0.0000000961. The quantitative estimate of drug-likeness (QED) is 0.155. The molecule has 0 saturated heterocycles. The van der Waals surface area contributed by atoms with Crippen LogP contribution >= 0.6 is 22.7 Å². The summed E-state index contributed by atoms with van der Waals surface area (Å²) < 4.78 is 46.2. The molecule has 0 spiro atoms. The van der Waals surface area contributed by atoms with Crippen LogP contribution in [0.5, 0.6) is 0 Å². The lowest BCUT2D eigenvalue weighted by atomic mass is 10.0. The van der Waals surface area contributed by atoms with Crippen LogP contribution in [-0.4, -0.2) is 89.8 Å². The molecule has 3 aliphatic rings. The number of hydrogen-bond donors (Lipinski definition) is 0. The summed E-state index contributed by atoms with van der Waals surface area (Å²) in [6.07, 6.45) is 11.8. The van der Waals surface area contributed by atoms with Crippen LogP contribution in [-0.2, 0) is 7.05 Å². The molecule has 3 aliphatic heterocycles. The number of hydrogen-bond acceptors (Lipinski definition) is 17. The number of fused-ring (bicyclic) bond motifs is 20. The van der Waals surface area contributed by atoms with Crippen LogP contribution in [0.3, 0.4) is 0 Å². The third kappa shape index (κ3) is 9.23. The van der Waals surface area contributed by atoms with Gasteiger partial charge >= 0.3 is 0 Å². The van der Waals surface area contributed by atoms with Crippen molar-refractivity contribution >= 4 is 170 Å². The normalized spacial score (nSPS) is 16.2. The van der Waals surface area contributed by atoms with E-state index in [1.807, 2.05) is 171 Å². The molecule has 9 aromatic heterocycles. The Morgan fingerprint density at radius 3 is 1.68 bits per heavy atom. The minimum Gasteiger partial charge on any atom is -0.452 e. The lowest BCUT2D eigenvalue weighted by Gasteiger charge is -2.30. The average molecular weight is 1290 g/mol. The van der Waals surface area contributed by atoms with Crippen molar-refractivity contribution in [3.63, 3.8) is 0 Å². The van der Waals surface area contributed by atoms with E-state index in [2.05, 4.69) is 173 Å². The van der Waals surface area contributed by atoms with E-state index in [1.165, 1.54) is 46.4 Å². The SMILES string of the molecule is Cc1cc2c(cc1-n1ccc[n+]1C)sc1c3ccccc3sc21.Cc1cc2c(cc1C1N=CN(C)N1C)oc1oc3ccccc3c12.Cc1ccc2c(oc3c4ccccc4oc23)c1N1C=CN(C)N1C.Cc1ccc2c(oc3oc4ccccc4c32)c1C1N=CN(C)N1C. The van der Waals surface area contributed by atoms with Gasteiger partial charge in [0.2, 0.25) is 0 Å². The fraction of sp³-hybridized carbons (Fsp3) is 0.171. The second-order valence-corrected chi connectivity index (χ2v) is 26.9. The van der Waals surface area contributed by atoms with E-state index in [0.717, 1.165) is 116 Å². The number of para-hydroxylation sites is 3. The minimum atomic E-state index is -0.0831. The zero-order valence-corrected chi connectivity index (χ0v) is 55.9. The zero-order valence-electron chi connectivity index (χ0n) is 54.2. The number of furan rings is 6. The van der Waals surface area contributed by atoms with Crippen LogP contribution in [0.4, 0.5) is 5.69 Å². The fourth-order valence-electron chi connectivity index (χ4n) is 13.7. The van der Waals surface area contributed by atoms with Crippen molar-refractivity contribution in [1.82, 2.24) is 34.8 Å². The number of hydrazine groups is 4. The van der Waals surface area contributed by atoms with Crippen LogP contribution in [0, 0.1) is 27.7 Å². The van der Waals surface area contributed by atoms with Gasteiger partial charge in [-0.3, -0.25) is 20.0 Å². The van der Waals surface area contributed by atoms with Crippen LogP contribution in [0.1, 0.15) is 45.7 Å². The molecule has 472 valence electrons. The van der Waals surface area contributed by atoms with Crippen LogP contribution in [0.2, 0.25) is 0 Å². The first-order valence-corrected chi connectivity index (χ1v) is 33.1. The Hall–Kier alpha value is -10.7. The zero-order chi connectivity index (χ0) is 64.8. The lowest BCUT2D eigenvalue weighted by Crippen LogP contribution is -2.39. The minimum absolute atomic E-state index is 0.0208. The van der Waals surface area contributed by atoms with E-state index in [1.54, 1.807) is 0 Å². The van der Waals surface area contributed by atoms with Crippen molar-refractivity contribution in [3.8, 4) is 5.69 Å². The van der Waals surface area contributed by atoms with E-state index >= 15 is 0 Å². The molecule has 2 atom stereocenters. The molecule has 12 heterocycles. The maximum absolute atomic E-state index is 6.30. The Bertz CT molecular complexity index is 5980. The second kappa shape index (κ2) is 22.2. The highest BCUT2D eigenvalue weighted by atomic mass is 32.1. The molecule has 0 fully saturated rings. The van der Waals surface area contributed by atoms with Gasteiger partial charge in [-0.05, 0) is 116 Å². The number of aliphatic imine (C=N–C) groups is 2. The first-order valence-electron chi connectivity index (χ1n) is 31.5. The highest BCUT2D eigenvalue weighted by Gasteiger charge is 2.32. The van der Waals surface area contributed by atoms with E-state index in [9.17, 15) is 0 Å². The van der Waals surface area contributed by atoms with Crippen LogP contribution in [0.25, 0.3) is 135 Å². The van der Waals surface area contributed by atoms with Gasteiger partial charge in [0.1, 0.15) is 64.3 Å². The van der Waals surface area contributed by atoms with Crippen molar-refractivity contribution in [2.24, 2.45) is 17.0 Å². The number of aromatic nitrogens is 2. The molecular formula is C76H66N11O6S2+. The Labute approximate surface area is 552 Å². The molecule has 0 amide bonds. The summed E-state index contributed by atoms with van der Waals surface area (Å²) in [5, 5.41) is 25.5. The molecule has 20 rings (SSSR count). The van der Waals surface area contributed by atoms with Gasteiger partial charge in [0.05, 0.1) is 37.1 Å². The molecule has 17 aromatic rings. The summed E-state index contributed by atoms with van der Waals surface area (Å²) in [4.78, 5) is 9.22. The third-order valence-corrected chi connectivity index (χ3v) is 21.5. The van der Waals surface area contributed by atoms with Crippen molar-refractivity contribution in [3.05, 3.63) is 210 Å². The highest BCUT2D eigenvalue weighted by molar-refractivity contribution is 7.36. The van der Waals surface area contributed by atoms with E-state index in [0.29, 0.717) is 11.6 Å². The molecule has 8 aromatic carbocycles. The number of benzene rings is 8. The smallest absolute Gasteiger partial charge is 0.299 e. The largest absolute Gasteiger partial charge is 0.452 e. The molecule has 17 nitrogen and oxygen atoms in total. The molecular weight excluding hydrogens is 1230 g/mol. The van der Waals surface area contributed by atoms with Crippen LogP contribution < -0.4 is 9.69 Å². The summed E-state index contributed by atoms with van der Waals surface area (Å²) in [6.45, 7) is 8.51. The Kier molecular flexibility index (Phi) is 13.6. The van der Waals surface area contributed by atoms with E-state index in [-0.39, 0.29) is 12.3 Å². The van der Waals surface area contributed by atoms with E-state index in [4.69, 9.17) is 26.5 Å². The summed E-state index contributed by atoms with van der Waals surface area (Å²) in [5.74, 6) is 1.17. The summed E-state index contributed by atoms with van der Waals surface area (Å²) in [7, 11) is 14.1. The predicted molar refractivity (Wildman–Crippen MR) is 385 cm³/mol. The summed E-state index contributed by atoms with van der Waals surface area (Å²) in [5.41, 5.74) is 16.1. The Morgan fingerprint density at radius 2 is 1.01 bits per heavy atom. The molecule has 0 radical (unpaired) electrons. The number of anilines is 1. The lowest BCUT2D eigenvalue weighted by molar-refractivity contribution is -0.744. The van der Waals surface area contributed by atoms with Crippen molar-refractivity contribution < 1.29 is 31.2 Å². The number of nitrogens with zero attached hydrogens (tertiary/aromatic N) is 11. The molecule has 0 aliphatic carbocycles. The summed E-state index contributed by atoms with van der Waals surface area (Å²) in [6, 6.07) is 52.2. The average Bonchev–Trinajstić information content (AvgIpc) is 1.61. The van der Waals surface area contributed by atoms with Gasteiger partial charge in [-0.2, -0.15) is 10.0 Å². The standard InChI is InChI=1S/3C19H17N3O2.C19H15N2S2/c1-11-8-14-16(9-13(11)18-20-10-21(2)22(18)3)24-19-17(14)12-6-4-5-7-15(12)23-19;1-12-8-9-14-17(16(12)22-11-10-20(2)21(22)3)24-18-13-6-4-5-7-15(13)23-19(14)18;1-11-8-9-13-16-12-6-4-5-7-14(12)23-19(16)24-17(13)15(11)18-20-10-21(2)22(18)3;1-12-10-14-17(11-15(12)21-9-5-8-20(21)2)23-18-13-6-3-4-7-16(13)22-19(14)18/h4-10,18H,1-3H3;4-11H,1-3H3;4-10,18H,1-3H3;3-11H,1-2H3/q;;;+1. The van der Waals surface area contributed by atoms with Crippen molar-refractivity contribution in [2.45, 2.75) is 40.0 Å². The predicted octanol–water partition coefficient (Wildman–Crippen LogP) is 18.7. The van der Waals surface area contributed by atoms with Crippen molar-refractivity contribution in [1.29, 1.82) is 0 Å². The fourth-order valence-corrected chi connectivity index (χ4v) is 16.3. The maximum Gasteiger partial charge on any atom is 0.299 e.